The molecular formula is C28H32N4O2S. The van der Waals surface area contributed by atoms with E-state index < -0.39 is 5.41 Å². The van der Waals surface area contributed by atoms with Crippen LogP contribution < -0.4 is 5.32 Å². The fraction of sp³-hybridized carbons (Fsp3) is 0.321. The molecule has 1 heterocycles. The highest BCUT2D eigenvalue weighted by molar-refractivity contribution is 7.99. The van der Waals surface area contributed by atoms with Gasteiger partial charge >= 0.3 is 0 Å². The molecule has 0 unspecified atom stereocenters. The zero-order valence-electron chi connectivity index (χ0n) is 21.1. The third-order valence-corrected chi connectivity index (χ3v) is 7.25. The van der Waals surface area contributed by atoms with E-state index >= 15 is 0 Å². The van der Waals surface area contributed by atoms with Gasteiger partial charge in [-0.3, -0.25) is 4.79 Å². The minimum absolute atomic E-state index is 0.00838. The van der Waals surface area contributed by atoms with Gasteiger partial charge in [-0.15, -0.1) is 15.0 Å². The Morgan fingerprint density at radius 3 is 2.20 bits per heavy atom. The fourth-order valence-corrected chi connectivity index (χ4v) is 4.31. The van der Waals surface area contributed by atoms with Gasteiger partial charge in [-0.05, 0) is 59.9 Å². The summed E-state index contributed by atoms with van der Waals surface area (Å²) in [6, 6.07) is 19.6. The highest BCUT2D eigenvalue weighted by Crippen LogP contribution is 2.32. The molecule has 7 heteroatoms. The second kappa shape index (κ2) is 9.38. The van der Waals surface area contributed by atoms with Crippen molar-refractivity contribution < 1.29 is 9.90 Å². The number of amides is 1. The highest BCUT2D eigenvalue weighted by atomic mass is 32.2. The molecule has 1 aromatic heterocycles. The standard InChI is InChI=1S/C28H32N4O2S/c1-7-28(5,6)26(34)29-19-10-15-24(25(33)16-19)32-30-22-14-13-21(17-23(22)31-32)35-20-11-8-18(9-12-20)27(2,3)4/h8-17,33H,7H2,1-6H3,(H,29,34). The molecule has 2 N–H and O–H groups in total. The first-order valence-electron chi connectivity index (χ1n) is 11.8. The molecule has 1 amide bonds. The largest absolute Gasteiger partial charge is 0.506 e. The third kappa shape index (κ3) is 5.51. The molecule has 35 heavy (non-hydrogen) atoms. The van der Waals surface area contributed by atoms with Gasteiger partial charge in [0.2, 0.25) is 5.91 Å². The summed E-state index contributed by atoms with van der Waals surface area (Å²) in [6.45, 7) is 12.4. The summed E-state index contributed by atoms with van der Waals surface area (Å²) < 4.78 is 0. The first-order valence-corrected chi connectivity index (χ1v) is 12.6. The Kier molecular flexibility index (Phi) is 6.64. The van der Waals surface area contributed by atoms with Crippen LogP contribution in [0.3, 0.4) is 0 Å². The predicted octanol–water partition coefficient (Wildman–Crippen LogP) is 6.95. The number of nitrogens with zero attached hydrogens (tertiary/aromatic N) is 3. The van der Waals surface area contributed by atoms with Gasteiger partial charge in [0.1, 0.15) is 22.5 Å². The number of nitrogens with one attached hydrogen (secondary N) is 1. The molecule has 4 aromatic rings. The van der Waals surface area contributed by atoms with E-state index in [0.29, 0.717) is 11.4 Å². The Balaban J connectivity index is 1.54. The van der Waals surface area contributed by atoms with E-state index in [1.165, 1.54) is 16.4 Å². The molecule has 0 saturated heterocycles. The number of carbonyl (C=O) groups is 1. The maximum absolute atomic E-state index is 12.4. The first-order chi connectivity index (χ1) is 16.5. The minimum Gasteiger partial charge on any atom is -0.506 e. The number of hydrogen-bond acceptors (Lipinski definition) is 5. The molecule has 0 bridgehead atoms. The molecular weight excluding hydrogens is 456 g/mol. The van der Waals surface area contributed by atoms with Gasteiger partial charge in [-0.25, -0.2) is 0 Å². The quantitative estimate of drug-likeness (QED) is 0.307. The van der Waals surface area contributed by atoms with E-state index in [1.54, 1.807) is 23.9 Å². The van der Waals surface area contributed by atoms with Gasteiger partial charge in [-0.1, -0.05) is 65.4 Å². The molecule has 0 radical (unpaired) electrons. The number of benzene rings is 3. The lowest BCUT2D eigenvalue weighted by atomic mass is 9.87. The van der Waals surface area contributed by atoms with Gasteiger partial charge in [0.15, 0.2) is 0 Å². The van der Waals surface area contributed by atoms with Crippen molar-refractivity contribution in [2.45, 2.75) is 63.2 Å². The number of phenols is 1. The van der Waals surface area contributed by atoms with Crippen LogP contribution in [0.25, 0.3) is 16.7 Å². The van der Waals surface area contributed by atoms with Gasteiger partial charge in [0, 0.05) is 27.0 Å². The van der Waals surface area contributed by atoms with Gasteiger partial charge in [-0.2, -0.15) is 0 Å². The summed E-state index contributed by atoms with van der Waals surface area (Å²) in [7, 11) is 0. The van der Waals surface area contributed by atoms with Gasteiger partial charge in [0.05, 0.1) is 0 Å². The van der Waals surface area contributed by atoms with Crippen molar-refractivity contribution >= 4 is 34.4 Å². The van der Waals surface area contributed by atoms with Crippen LogP contribution in [-0.2, 0) is 10.2 Å². The number of aromatic hydroxyl groups is 1. The van der Waals surface area contributed by atoms with Crippen LogP contribution in [0.1, 0.15) is 53.5 Å². The second-order valence-electron chi connectivity index (χ2n) is 10.4. The van der Waals surface area contributed by atoms with Crippen LogP contribution in [0.15, 0.2) is 70.5 Å². The lowest BCUT2D eigenvalue weighted by Gasteiger charge is -2.21. The number of anilines is 1. The molecule has 0 aliphatic heterocycles. The number of fused-ring (bicyclic) bond motifs is 1. The zero-order chi connectivity index (χ0) is 25.4. The topological polar surface area (TPSA) is 80.0 Å². The lowest BCUT2D eigenvalue weighted by molar-refractivity contribution is -0.124. The molecule has 0 spiro atoms. The first kappa shape index (κ1) is 24.8. The van der Waals surface area contributed by atoms with Crippen molar-refractivity contribution in [1.29, 1.82) is 0 Å². The molecule has 3 aromatic carbocycles. The van der Waals surface area contributed by atoms with Crippen LogP contribution in [0.4, 0.5) is 5.69 Å². The average Bonchev–Trinajstić information content (AvgIpc) is 3.22. The van der Waals surface area contributed by atoms with E-state index in [9.17, 15) is 9.90 Å². The Morgan fingerprint density at radius 2 is 1.57 bits per heavy atom. The van der Waals surface area contributed by atoms with Crippen LogP contribution in [0.5, 0.6) is 5.75 Å². The SMILES string of the molecule is CCC(C)(C)C(=O)Nc1ccc(-n2nc3ccc(Sc4ccc(C(C)(C)C)cc4)cc3n2)c(O)c1. The molecule has 0 saturated carbocycles. The molecule has 0 atom stereocenters. The van der Waals surface area contributed by atoms with Gasteiger partial charge < -0.3 is 10.4 Å². The van der Waals surface area contributed by atoms with Crippen LogP contribution >= 0.6 is 11.8 Å². The summed E-state index contributed by atoms with van der Waals surface area (Å²) in [4.78, 5) is 16.1. The smallest absolute Gasteiger partial charge is 0.230 e. The molecule has 0 aliphatic rings. The molecule has 182 valence electrons. The monoisotopic (exact) mass is 488 g/mol. The van der Waals surface area contributed by atoms with Crippen molar-refractivity contribution in [3.63, 3.8) is 0 Å². The molecule has 4 rings (SSSR count). The fourth-order valence-electron chi connectivity index (χ4n) is 3.46. The van der Waals surface area contributed by atoms with Crippen LogP contribution in [-0.4, -0.2) is 26.0 Å². The van der Waals surface area contributed by atoms with E-state index in [-0.39, 0.29) is 17.1 Å². The van der Waals surface area contributed by atoms with Gasteiger partial charge in [0.25, 0.3) is 0 Å². The van der Waals surface area contributed by atoms with E-state index in [1.807, 2.05) is 39.0 Å². The lowest BCUT2D eigenvalue weighted by Crippen LogP contribution is -2.29. The van der Waals surface area contributed by atoms with E-state index in [2.05, 4.69) is 60.6 Å². The van der Waals surface area contributed by atoms with Crippen molar-refractivity contribution in [1.82, 2.24) is 15.0 Å². The minimum atomic E-state index is -0.486. The maximum atomic E-state index is 12.4. The Bertz CT molecular complexity index is 1370. The Morgan fingerprint density at radius 1 is 0.914 bits per heavy atom. The maximum Gasteiger partial charge on any atom is 0.230 e. The molecule has 6 nitrogen and oxygen atoms in total. The third-order valence-electron chi connectivity index (χ3n) is 6.26. The number of aromatic nitrogens is 3. The summed E-state index contributed by atoms with van der Waals surface area (Å²) in [5.74, 6) is -0.0980. The second-order valence-corrected chi connectivity index (χ2v) is 11.6. The summed E-state index contributed by atoms with van der Waals surface area (Å²) in [5.41, 5.74) is 3.40. The number of rotatable bonds is 6. The van der Waals surface area contributed by atoms with Crippen LogP contribution in [0, 0.1) is 5.41 Å². The summed E-state index contributed by atoms with van der Waals surface area (Å²) >= 11 is 1.67. The highest BCUT2D eigenvalue weighted by Gasteiger charge is 2.25. The normalized spacial score (nSPS) is 12.2. The number of phenolic OH excluding ortho intramolecular Hbond substituents is 1. The molecule has 0 aliphatic carbocycles. The Labute approximate surface area is 210 Å². The van der Waals surface area contributed by atoms with Crippen molar-refractivity contribution in [3.8, 4) is 11.4 Å². The average molecular weight is 489 g/mol. The van der Waals surface area contributed by atoms with E-state index in [0.717, 1.165) is 27.2 Å². The number of carbonyl (C=O) groups excluding carboxylic acids is 1. The van der Waals surface area contributed by atoms with Crippen molar-refractivity contribution in [3.05, 3.63) is 66.2 Å². The molecule has 0 fully saturated rings. The van der Waals surface area contributed by atoms with Crippen molar-refractivity contribution in [2.24, 2.45) is 5.41 Å². The predicted molar refractivity (Wildman–Crippen MR) is 142 cm³/mol. The summed E-state index contributed by atoms with van der Waals surface area (Å²) in [5, 5.41) is 22.6. The summed E-state index contributed by atoms with van der Waals surface area (Å²) in [6.07, 6.45) is 0.717. The number of hydrogen-bond donors (Lipinski definition) is 2. The Hall–Kier alpha value is -3.32. The van der Waals surface area contributed by atoms with Crippen LogP contribution in [0.2, 0.25) is 0 Å². The van der Waals surface area contributed by atoms with E-state index in [4.69, 9.17) is 0 Å². The van der Waals surface area contributed by atoms with Crippen molar-refractivity contribution in [2.75, 3.05) is 5.32 Å². The zero-order valence-corrected chi connectivity index (χ0v) is 21.9.